The molecule has 1 aromatic rings. The van der Waals surface area contributed by atoms with Crippen LogP contribution in [0.5, 0.6) is 0 Å². The van der Waals surface area contributed by atoms with Gasteiger partial charge in [-0.3, -0.25) is 4.79 Å². The zero-order valence-electron chi connectivity index (χ0n) is 10.4. The van der Waals surface area contributed by atoms with Crippen molar-refractivity contribution < 1.29 is 0 Å². The summed E-state index contributed by atoms with van der Waals surface area (Å²) < 4.78 is 1.36. The van der Waals surface area contributed by atoms with Gasteiger partial charge in [0.1, 0.15) is 5.02 Å². The van der Waals surface area contributed by atoms with Gasteiger partial charge in [-0.05, 0) is 20.3 Å². The highest BCUT2D eigenvalue weighted by Gasteiger charge is 2.13. The van der Waals surface area contributed by atoms with Crippen LogP contribution in [0.2, 0.25) is 5.02 Å². The van der Waals surface area contributed by atoms with Gasteiger partial charge in [0, 0.05) is 12.6 Å². The van der Waals surface area contributed by atoms with E-state index in [0.29, 0.717) is 12.2 Å². The molecule has 0 aliphatic heterocycles. The van der Waals surface area contributed by atoms with Gasteiger partial charge in [-0.15, -0.1) is 0 Å². The second-order valence-electron chi connectivity index (χ2n) is 4.20. The Hall–Kier alpha value is -1.07. The zero-order chi connectivity index (χ0) is 13.0. The highest BCUT2D eigenvalue weighted by molar-refractivity contribution is 6.32. The number of nitrogens with one attached hydrogen (secondary N) is 1. The van der Waals surface area contributed by atoms with Gasteiger partial charge in [0.05, 0.1) is 17.9 Å². The van der Waals surface area contributed by atoms with E-state index in [9.17, 15) is 4.79 Å². The van der Waals surface area contributed by atoms with Gasteiger partial charge in [0.2, 0.25) is 0 Å². The third-order valence-corrected chi connectivity index (χ3v) is 2.93. The molecule has 1 heterocycles. The van der Waals surface area contributed by atoms with Crippen LogP contribution in [0.1, 0.15) is 33.2 Å². The number of aromatic nitrogens is 2. The van der Waals surface area contributed by atoms with Gasteiger partial charge in [-0.2, -0.15) is 5.10 Å². The number of nitrogens with zero attached hydrogens (tertiary/aromatic N) is 2. The largest absolute Gasteiger partial charge is 0.378 e. The Labute approximate surface area is 106 Å². The van der Waals surface area contributed by atoms with E-state index in [1.807, 2.05) is 20.8 Å². The molecule has 0 spiro atoms. The summed E-state index contributed by atoms with van der Waals surface area (Å²) in [6.45, 7) is 6.26. The number of hydrogen-bond acceptors (Lipinski definition) is 4. The first-order valence-electron chi connectivity index (χ1n) is 5.75. The lowest BCUT2D eigenvalue weighted by Gasteiger charge is -2.17. The van der Waals surface area contributed by atoms with Crippen LogP contribution in [-0.2, 0) is 0 Å². The molecule has 0 amide bonds. The van der Waals surface area contributed by atoms with E-state index in [0.717, 1.165) is 6.42 Å². The molecule has 3 N–H and O–H groups in total. The molecule has 1 unspecified atom stereocenters. The fourth-order valence-electron chi connectivity index (χ4n) is 1.46. The summed E-state index contributed by atoms with van der Waals surface area (Å²) >= 11 is 6.02. The molecule has 1 aromatic heterocycles. The minimum atomic E-state index is -0.279. The van der Waals surface area contributed by atoms with Crippen LogP contribution in [0.15, 0.2) is 11.0 Å². The molecule has 0 aliphatic carbocycles. The average molecular weight is 259 g/mol. The summed E-state index contributed by atoms with van der Waals surface area (Å²) in [7, 11) is 0. The smallest absolute Gasteiger partial charge is 0.287 e. The van der Waals surface area contributed by atoms with Crippen LogP contribution in [0, 0.1) is 0 Å². The van der Waals surface area contributed by atoms with Crippen molar-refractivity contribution in [3.63, 3.8) is 0 Å². The van der Waals surface area contributed by atoms with Crippen LogP contribution in [0.4, 0.5) is 5.69 Å². The molecule has 6 heteroatoms. The maximum atomic E-state index is 11.9. The Kier molecular flexibility index (Phi) is 4.96. The predicted molar refractivity (Wildman–Crippen MR) is 70.6 cm³/mol. The Morgan fingerprint density at radius 1 is 1.59 bits per heavy atom. The molecule has 96 valence electrons. The molecule has 1 rings (SSSR count). The highest BCUT2D eigenvalue weighted by atomic mass is 35.5. The second-order valence-corrected chi connectivity index (χ2v) is 4.58. The lowest BCUT2D eigenvalue weighted by atomic mass is 10.2. The van der Waals surface area contributed by atoms with E-state index in [4.69, 9.17) is 17.3 Å². The number of hydrogen-bond donors (Lipinski definition) is 2. The van der Waals surface area contributed by atoms with Crippen LogP contribution >= 0.6 is 11.6 Å². The lowest BCUT2D eigenvalue weighted by molar-refractivity contribution is 0.503. The molecule has 0 radical (unpaired) electrons. The molecule has 0 fully saturated rings. The van der Waals surface area contributed by atoms with Crippen molar-refractivity contribution in [2.24, 2.45) is 5.73 Å². The van der Waals surface area contributed by atoms with Gasteiger partial charge in [0.15, 0.2) is 0 Å². The Morgan fingerprint density at radius 3 is 2.71 bits per heavy atom. The molecule has 1 atom stereocenters. The molecule has 0 saturated carbocycles. The quantitative estimate of drug-likeness (QED) is 0.842. The van der Waals surface area contributed by atoms with E-state index in [2.05, 4.69) is 10.4 Å². The van der Waals surface area contributed by atoms with E-state index in [1.54, 1.807) is 6.20 Å². The SMILES string of the molecule is CCC(CN)Nc1cnn(C(C)C)c(=O)c1Cl. The molecule has 0 aliphatic rings. The zero-order valence-corrected chi connectivity index (χ0v) is 11.2. The maximum Gasteiger partial charge on any atom is 0.287 e. The standard InChI is InChI=1S/C11H19ClN4O/c1-4-8(5-13)15-9-6-14-16(7(2)3)11(17)10(9)12/h6-8,15H,4-5,13H2,1-3H3. The lowest BCUT2D eigenvalue weighted by Crippen LogP contribution is -2.31. The first-order chi connectivity index (χ1) is 8.01. The number of rotatable bonds is 5. The van der Waals surface area contributed by atoms with E-state index < -0.39 is 0 Å². The fraction of sp³-hybridized carbons (Fsp3) is 0.636. The van der Waals surface area contributed by atoms with Crippen molar-refractivity contribution in [2.75, 3.05) is 11.9 Å². The monoisotopic (exact) mass is 258 g/mol. The third kappa shape index (κ3) is 3.20. The molecule has 0 bridgehead atoms. The summed E-state index contributed by atoms with van der Waals surface area (Å²) in [5.41, 5.74) is 5.86. The van der Waals surface area contributed by atoms with Crippen molar-refractivity contribution in [1.82, 2.24) is 9.78 Å². The molecule has 0 saturated heterocycles. The minimum absolute atomic E-state index is 0.00877. The van der Waals surface area contributed by atoms with Crippen LogP contribution in [0.3, 0.4) is 0 Å². The van der Waals surface area contributed by atoms with Crippen molar-refractivity contribution in [3.8, 4) is 0 Å². The summed E-state index contributed by atoms with van der Waals surface area (Å²) in [6.07, 6.45) is 2.43. The average Bonchev–Trinajstić information content (AvgIpc) is 2.30. The Bertz CT molecular complexity index is 426. The van der Waals surface area contributed by atoms with Gasteiger partial charge >= 0.3 is 0 Å². The van der Waals surface area contributed by atoms with Crippen molar-refractivity contribution in [1.29, 1.82) is 0 Å². The molecular weight excluding hydrogens is 240 g/mol. The highest BCUT2D eigenvalue weighted by Crippen LogP contribution is 2.17. The first-order valence-corrected chi connectivity index (χ1v) is 6.12. The van der Waals surface area contributed by atoms with Gasteiger partial charge in [-0.1, -0.05) is 18.5 Å². The first kappa shape index (κ1) is 14.0. The van der Waals surface area contributed by atoms with Crippen LogP contribution < -0.4 is 16.6 Å². The number of halogens is 1. The number of nitrogens with two attached hydrogens (primary N) is 1. The van der Waals surface area contributed by atoms with Gasteiger partial charge in [0.25, 0.3) is 5.56 Å². The van der Waals surface area contributed by atoms with E-state index in [-0.39, 0.29) is 22.7 Å². The van der Waals surface area contributed by atoms with Crippen molar-refractivity contribution >= 4 is 17.3 Å². The van der Waals surface area contributed by atoms with Crippen LogP contribution in [0.25, 0.3) is 0 Å². The van der Waals surface area contributed by atoms with E-state index in [1.165, 1.54) is 4.68 Å². The molecule has 17 heavy (non-hydrogen) atoms. The summed E-state index contributed by atoms with van der Waals surface area (Å²) in [6, 6.07) is 0.0918. The number of anilines is 1. The minimum Gasteiger partial charge on any atom is -0.378 e. The van der Waals surface area contributed by atoms with Crippen molar-refractivity contribution in [3.05, 3.63) is 21.6 Å². The topological polar surface area (TPSA) is 72.9 Å². The van der Waals surface area contributed by atoms with Gasteiger partial charge < -0.3 is 11.1 Å². The predicted octanol–water partition coefficient (Wildman–Crippen LogP) is 1.63. The second kappa shape index (κ2) is 6.02. The Morgan fingerprint density at radius 2 is 2.24 bits per heavy atom. The normalized spacial score (nSPS) is 12.8. The third-order valence-electron chi connectivity index (χ3n) is 2.57. The molecular formula is C11H19ClN4O. The summed E-state index contributed by atoms with van der Waals surface area (Å²) in [4.78, 5) is 11.9. The van der Waals surface area contributed by atoms with Crippen LogP contribution in [-0.4, -0.2) is 22.4 Å². The summed E-state index contributed by atoms with van der Waals surface area (Å²) in [5.74, 6) is 0. The summed E-state index contributed by atoms with van der Waals surface area (Å²) in [5, 5.41) is 7.36. The van der Waals surface area contributed by atoms with Gasteiger partial charge in [-0.25, -0.2) is 4.68 Å². The Balaban J connectivity index is 3.04. The van der Waals surface area contributed by atoms with Crippen molar-refractivity contribution in [2.45, 2.75) is 39.3 Å². The fourth-order valence-corrected chi connectivity index (χ4v) is 1.65. The molecule has 0 aromatic carbocycles. The maximum absolute atomic E-state index is 11.9. The van der Waals surface area contributed by atoms with E-state index >= 15 is 0 Å². The molecule has 5 nitrogen and oxygen atoms in total.